The Labute approximate surface area is 73.0 Å². The Morgan fingerprint density at radius 1 is 1.33 bits per heavy atom. The number of benzene rings is 1. The maximum atomic E-state index is 11.3. The van der Waals surface area contributed by atoms with Crippen LogP contribution < -0.4 is 0 Å². The fourth-order valence-electron chi connectivity index (χ4n) is 1.06. The maximum Gasteiger partial charge on any atom is 0.183 e. The highest BCUT2D eigenvalue weighted by atomic mass is 16.3. The standard InChI is InChI=1S/C11H11O/c1-4-11(2,3)9-7-5-6-8-10(9)12/h1,5-8H,2-3H3. The first-order chi connectivity index (χ1) is 5.58. The number of terminal acetylenes is 1. The molecule has 0 fully saturated rings. The van der Waals surface area contributed by atoms with E-state index in [9.17, 15) is 5.11 Å². The molecule has 0 bridgehead atoms. The summed E-state index contributed by atoms with van der Waals surface area (Å²) >= 11 is 0. The van der Waals surface area contributed by atoms with E-state index < -0.39 is 5.41 Å². The molecule has 0 aromatic heterocycles. The highest BCUT2D eigenvalue weighted by Gasteiger charge is 2.20. The normalized spacial score (nSPS) is 10.8. The Balaban J connectivity index is 3.22. The van der Waals surface area contributed by atoms with Crippen LogP contribution in [0, 0.1) is 12.3 Å². The molecule has 0 aliphatic heterocycles. The third-order valence-corrected chi connectivity index (χ3v) is 1.92. The second kappa shape index (κ2) is 2.91. The van der Waals surface area contributed by atoms with Gasteiger partial charge in [0.2, 0.25) is 0 Å². The summed E-state index contributed by atoms with van der Waals surface area (Å²) in [6, 6.07) is 6.87. The molecule has 0 N–H and O–H groups in total. The second-order valence-electron chi connectivity index (χ2n) is 3.27. The van der Waals surface area contributed by atoms with Crippen LogP contribution in [-0.4, -0.2) is 0 Å². The van der Waals surface area contributed by atoms with Gasteiger partial charge in [0.25, 0.3) is 0 Å². The van der Waals surface area contributed by atoms with Gasteiger partial charge < -0.3 is 0 Å². The minimum absolute atomic E-state index is 0.0143. The predicted octanol–water partition coefficient (Wildman–Crippen LogP) is 2.74. The van der Waals surface area contributed by atoms with Crippen LogP contribution in [0.4, 0.5) is 0 Å². The quantitative estimate of drug-likeness (QED) is 0.561. The highest BCUT2D eigenvalue weighted by Crippen LogP contribution is 2.29. The summed E-state index contributed by atoms with van der Waals surface area (Å²) in [6.45, 7) is 3.73. The zero-order valence-corrected chi connectivity index (χ0v) is 7.29. The molecule has 1 radical (unpaired) electrons. The summed E-state index contributed by atoms with van der Waals surface area (Å²) in [5.74, 6) is 2.61. The van der Waals surface area contributed by atoms with Gasteiger partial charge in [-0.3, -0.25) is 5.11 Å². The Morgan fingerprint density at radius 2 is 1.92 bits per heavy atom. The molecule has 1 aromatic rings. The molecule has 0 saturated heterocycles. The van der Waals surface area contributed by atoms with Gasteiger partial charge in [-0.1, -0.05) is 24.1 Å². The molecule has 0 heterocycles. The molecule has 0 aliphatic carbocycles. The van der Waals surface area contributed by atoms with Crippen molar-refractivity contribution in [1.29, 1.82) is 0 Å². The predicted molar refractivity (Wildman–Crippen MR) is 48.4 cm³/mol. The summed E-state index contributed by atoms with van der Waals surface area (Å²) in [5, 5.41) is 11.3. The van der Waals surface area contributed by atoms with Crippen molar-refractivity contribution >= 4 is 0 Å². The summed E-state index contributed by atoms with van der Waals surface area (Å²) in [5.41, 5.74) is 0.228. The van der Waals surface area contributed by atoms with E-state index in [0.29, 0.717) is 5.56 Å². The smallest absolute Gasteiger partial charge is 0.183 e. The van der Waals surface area contributed by atoms with E-state index in [4.69, 9.17) is 6.42 Å². The van der Waals surface area contributed by atoms with Gasteiger partial charge in [-0.25, -0.2) is 0 Å². The van der Waals surface area contributed by atoms with Crippen LogP contribution in [0.1, 0.15) is 19.4 Å². The van der Waals surface area contributed by atoms with Crippen LogP contribution in [0.2, 0.25) is 0 Å². The third kappa shape index (κ3) is 1.43. The average molecular weight is 159 g/mol. The first-order valence-electron chi connectivity index (χ1n) is 3.82. The number of para-hydroxylation sites is 1. The lowest BCUT2D eigenvalue weighted by atomic mass is 9.85. The Kier molecular flexibility index (Phi) is 2.10. The monoisotopic (exact) mass is 159 g/mol. The summed E-state index contributed by atoms with van der Waals surface area (Å²) < 4.78 is 0. The lowest BCUT2D eigenvalue weighted by molar-refractivity contribution is 0.344. The van der Waals surface area contributed by atoms with E-state index in [1.807, 2.05) is 19.9 Å². The van der Waals surface area contributed by atoms with Gasteiger partial charge in [-0.15, -0.1) is 6.42 Å². The largest absolute Gasteiger partial charge is 0.290 e. The summed E-state index contributed by atoms with van der Waals surface area (Å²) in [6.07, 6.45) is 5.32. The van der Waals surface area contributed by atoms with Gasteiger partial charge in [0.05, 0.1) is 5.41 Å². The van der Waals surface area contributed by atoms with Gasteiger partial charge in [-0.2, -0.15) is 0 Å². The van der Waals surface area contributed by atoms with Crippen molar-refractivity contribution in [3.05, 3.63) is 29.8 Å². The number of rotatable bonds is 1. The maximum absolute atomic E-state index is 11.3. The Morgan fingerprint density at radius 3 is 2.42 bits per heavy atom. The minimum atomic E-state index is -0.460. The molecule has 1 nitrogen and oxygen atoms in total. The van der Waals surface area contributed by atoms with E-state index in [1.165, 1.54) is 6.07 Å². The van der Waals surface area contributed by atoms with Crippen LogP contribution in [0.5, 0.6) is 5.75 Å². The van der Waals surface area contributed by atoms with Gasteiger partial charge >= 0.3 is 0 Å². The molecule has 61 valence electrons. The van der Waals surface area contributed by atoms with Crippen LogP contribution in [0.3, 0.4) is 0 Å². The van der Waals surface area contributed by atoms with E-state index in [2.05, 4.69) is 5.92 Å². The van der Waals surface area contributed by atoms with E-state index in [-0.39, 0.29) is 5.75 Å². The molecule has 1 heteroatoms. The first-order valence-corrected chi connectivity index (χ1v) is 3.82. The number of hydrogen-bond acceptors (Lipinski definition) is 0. The lowest BCUT2D eigenvalue weighted by Crippen LogP contribution is -2.13. The zero-order chi connectivity index (χ0) is 9.19. The first kappa shape index (κ1) is 8.67. The van der Waals surface area contributed by atoms with Gasteiger partial charge in [0.15, 0.2) is 5.75 Å². The molecule has 0 unspecified atom stereocenters. The van der Waals surface area contributed by atoms with Gasteiger partial charge in [-0.05, 0) is 19.9 Å². The van der Waals surface area contributed by atoms with Crippen LogP contribution in [0.15, 0.2) is 24.3 Å². The third-order valence-electron chi connectivity index (χ3n) is 1.92. The molecule has 0 amide bonds. The van der Waals surface area contributed by atoms with E-state index >= 15 is 0 Å². The topological polar surface area (TPSA) is 19.9 Å². The van der Waals surface area contributed by atoms with Crippen molar-refractivity contribution in [2.24, 2.45) is 0 Å². The molecular formula is C11H11O. The Hall–Kier alpha value is -1.42. The molecule has 0 spiro atoms. The lowest BCUT2D eigenvalue weighted by Gasteiger charge is -2.17. The van der Waals surface area contributed by atoms with Crippen LogP contribution in [0.25, 0.3) is 0 Å². The van der Waals surface area contributed by atoms with Crippen molar-refractivity contribution in [3.8, 4) is 18.1 Å². The molecule has 0 saturated carbocycles. The zero-order valence-electron chi connectivity index (χ0n) is 7.29. The fourth-order valence-corrected chi connectivity index (χ4v) is 1.06. The van der Waals surface area contributed by atoms with Gasteiger partial charge in [0.1, 0.15) is 0 Å². The summed E-state index contributed by atoms with van der Waals surface area (Å²) in [4.78, 5) is 0. The van der Waals surface area contributed by atoms with E-state index in [1.54, 1.807) is 12.1 Å². The van der Waals surface area contributed by atoms with Crippen molar-refractivity contribution in [1.82, 2.24) is 0 Å². The molecule has 0 atom stereocenters. The Bertz CT molecular complexity index is 318. The number of hydrogen-bond donors (Lipinski definition) is 0. The summed E-state index contributed by atoms with van der Waals surface area (Å²) in [7, 11) is 0. The van der Waals surface area contributed by atoms with Crippen molar-refractivity contribution in [2.45, 2.75) is 19.3 Å². The van der Waals surface area contributed by atoms with Crippen LogP contribution in [-0.2, 0) is 10.5 Å². The van der Waals surface area contributed by atoms with Crippen molar-refractivity contribution < 1.29 is 5.11 Å². The molecular weight excluding hydrogens is 148 g/mol. The highest BCUT2D eigenvalue weighted by molar-refractivity contribution is 5.41. The van der Waals surface area contributed by atoms with E-state index in [0.717, 1.165) is 0 Å². The molecule has 1 rings (SSSR count). The SMILES string of the molecule is C#CC(C)(C)c1ccccc1[O]. The second-order valence-corrected chi connectivity index (χ2v) is 3.27. The molecule has 0 aliphatic rings. The van der Waals surface area contributed by atoms with Gasteiger partial charge in [0, 0.05) is 5.56 Å². The average Bonchev–Trinajstić information content (AvgIpc) is 2.05. The minimum Gasteiger partial charge on any atom is -0.290 e. The van der Waals surface area contributed by atoms with Crippen molar-refractivity contribution in [2.75, 3.05) is 0 Å². The molecule has 12 heavy (non-hydrogen) atoms. The van der Waals surface area contributed by atoms with Crippen molar-refractivity contribution in [3.63, 3.8) is 0 Å². The molecule has 1 aromatic carbocycles. The fraction of sp³-hybridized carbons (Fsp3) is 0.273. The van der Waals surface area contributed by atoms with Crippen LogP contribution >= 0.6 is 0 Å².